The number of aliphatic hydroxyl groups is 1. The third-order valence-corrected chi connectivity index (χ3v) is 2.90. The zero-order chi connectivity index (χ0) is 16.3. The van der Waals surface area contributed by atoms with Crippen LogP contribution in [0.15, 0.2) is 48.5 Å². The molecule has 0 aromatic heterocycles. The lowest BCUT2D eigenvalue weighted by Gasteiger charge is -2.14. The summed E-state index contributed by atoms with van der Waals surface area (Å²) in [5, 5.41) is 9.81. The minimum absolute atomic E-state index is 0.208. The van der Waals surface area contributed by atoms with E-state index in [9.17, 15) is 23.1 Å². The van der Waals surface area contributed by atoms with Crippen LogP contribution < -0.4 is 10.5 Å². The minimum atomic E-state index is -4.80. The van der Waals surface area contributed by atoms with Crippen molar-refractivity contribution in [3.05, 3.63) is 54.1 Å². The fraction of sp³-hybridized carbons (Fsp3) is 0.133. The third-order valence-electron chi connectivity index (χ3n) is 2.90. The largest absolute Gasteiger partial charge is 0.573 e. The lowest BCUT2D eigenvalue weighted by atomic mass is 9.96. The summed E-state index contributed by atoms with van der Waals surface area (Å²) in [7, 11) is 0. The summed E-state index contributed by atoms with van der Waals surface area (Å²) in [6, 6.07) is 11.5. The number of hydrogen-bond donors (Lipinski definition) is 2. The first-order chi connectivity index (χ1) is 10.3. The van der Waals surface area contributed by atoms with Crippen molar-refractivity contribution in [3.63, 3.8) is 0 Å². The number of halogens is 3. The fourth-order valence-corrected chi connectivity index (χ4v) is 2.01. The second-order valence-corrected chi connectivity index (χ2v) is 4.47. The van der Waals surface area contributed by atoms with Crippen LogP contribution in [0, 0.1) is 0 Å². The predicted molar refractivity (Wildman–Crippen MR) is 72.7 cm³/mol. The maximum atomic E-state index is 12.3. The average molecular weight is 311 g/mol. The van der Waals surface area contributed by atoms with Gasteiger partial charge >= 0.3 is 6.36 Å². The number of hydrogen-bond acceptors (Lipinski definition) is 3. The molecule has 1 atom stereocenters. The summed E-state index contributed by atoms with van der Waals surface area (Å²) in [5.74, 6) is -1.34. The minimum Gasteiger partial charge on any atom is -0.406 e. The SMILES string of the molecule is NC(=O)C(O)c1ccccc1-c1cccc(OC(F)(F)F)c1. The Hall–Kier alpha value is -2.54. The number of primary amides is 1. The van der Waals surface area contributed by atoms with E-state index in [-0.39, 0.29) is 5.56 Å². The first-order valence-corrected chi connectivity index (χ1v) is 6.20. The molecule has 2 aromatic rings. The molecule has 0 saturated carbocycles. The van der Waals surface area contributed by atoms with Crippen LogP contribution in [0.4, 0.5) is 13.2 Å². The molecule has 0 aliphatic carbocycles. The van der Waals surface area contributed by atoms with Crippen molar-refractivity contribution >= 4 is 5.91 Å². The van der Waals surface area contributed by atoms with Crippen LogP contribution in [-0.2, 0) is 4.79 Å². The molecule has 2 aromatic carbocycles. The van der Waals surface area contributed by atoms with Crippen molar-refractivity contribution in [2.24, 2.45) is 5.73 Å². The Morgan fingerprint density at radius 1 is 1.14 bits per heavy atom. The Morgan fingerprint density at radius 2 is 1.82 bits per heavy atom. The smallest absolute Gasteiger partial charge is 0.406 e. The van der Waals surface area contributed by atoms with Crippen molar-refractivity contribution in [1.82, 2.24) is 0 Å². The number of benzene rings is 2. The molecule has 0 saturated heterocycles. The molecular weight excluding hydrogens is 299 g/mol. The molecule has 2 rings (SSSR count). The average Bonchev–Trinajstić information content (AvgIpc) is 2.45. The molecule has 0 spiro atoms. The Labute approximate surface area is 123 Å². The molecule has 0 aliphatic rings. The standard InChI is InChI=1S/C15H12F3NO3/c16-15(17,18)22-10-5-3-4-9(8-10)11-6-1-2-7-12(11)13(20)14(19)21/h1-8,13,20H,(H2,19,21). The highest BCUT2D eigenvalue weighted by Gasteiger charge is 2.31. The Morgan fingerprint density at radius 3 is 2.45 bits per heavy atom. The highest BCUT2D eigenvalue weighted by atomic mass is 19.4. The zero-order valence-corrected chi connectivity index (χ0v) is 11.2. The summed E-state index contributed by atoms with van der Waals surface area (Å²) in [6.07, 6.45) is -6.35. The van der Waals surface area contributed by atoms with E-state index in [0.717, 1.165) is 6.07 Å². The third kappa shape index (κ3) is 3.76. The van der Waals surface area contributed by atoms with Gasteiger partial charge < -0.3 is 15.6 Å². The van der Waals surface area contributed by atoms with E-state index in [1.807, 2.05) is 0 Å². The molecule has 0 heterocycles. The first-order valence-electron chi connectivity index (χ1n) is 6.20. The molecule has 4 nitrogen and oxygen atoms in total. The predicted octanol–water partition coefficient (Wildman–Crippen LogP) is 2.77. The van der Waals surface area contributed by atoms with Crippen molar-refractivity contribution in [1.29, 1.82) is 0 Å². The number of rotatable bonds is 4. The highest BCUT2D eigenvalue weighted by Crippen LogP contribution is 2.32. The second-order valence-electron chi connectivity index (χ2n) is 4.47. The number of alkyl halides is 3. The van der Waals surface area contributed by atoms with E-state index >= 15 is 0 Å². The Kier molecular flexibility index (Phi) is 4.37. The van der Waals surface area contributed by atoms with Crippen LogP contribution in [0.5, 0.6) is 5.75 Å². The van der Waals surface area contributed by atoms with Crippen LogP contribution in [0.3, 0.4) is 0 Å². The number of carbonyl (C=O) groups is 1. The van der Waals surface area contributed by atoms with E-state index in [1.54, 1.807) is 18.2 Å². The van der Waals surface area contributed by atoms with Gasteiger partial charge in [0.2, 0.25) is 0 Å². The van der Waals surface area contributed by atoms with Gasteiger partial charge in [0, 0.05) is 0 Å². The molecule has 7 heteroatoms. The second kappa shape index (κ2) is 6.07. The lowest BCUT2D eigenvalue weighted by molar-refractivity contribution is -0.274. The van der Waals surface area contributed by atoms with Gasteiger partial charge in [-0.25, -0.2) is 0 Å². The maximum absolute atomic E-state index is 12.3. The van der Waals surface area contributed by atoms with Gasteiger partial charge in [-0.3, -0.25) is 4.79 Å². The molecule has 1 unspecified atom stereocenters. The van der Waals surface area contributed by atoms with Crippen molar-refractivity contribution in [2.45, 2.75) is 12.5 Å². The number of nitrogens with two attached hydrogens (primary N) is 1. The van der Waals surface area contributed by atoms with Gasteiger partial charge in [-0.1, -0.05) is 36.4 Å². The van der Waals surface area contributed by atoms with Gasteiger partial charge in [0.05, 0.1) is 0 Å². The van der Waals surface area contributed by atoms with Crippen molar-refractivity contribution in [3.8, 4) is 16.9 Å². The van der Waals surface area contributed by atoms with Crippen LogP contribution in [-0.4, -0.2) is 17.4 Å². The van der Waals surface area contributed by atoms with E-state index in [1.165, 1.54) is 24.3 Å². The van der Waals surface area contributed by atoms with Crippen LogP contribution >= 0.6 is 0 Å². The molecule has 1 amide bonds. The van der Waals surface area contributed by atoms with Gasteiger partial charge in [-0.05, 0) is 28.8 Å². The van der Waals surface area contributed by atoms with E-state index in [2.05, 4.69) is 4.74 Å². The fourth-order valence-electron chi connectivity index (χ4n) is 2.01. The van der Waals surface area contributed by atoms with Crippen LogP contribution in [0.2, 0.25) is 0 Å². The quantitative estimate of drug-likeness (QED) is 0.912. The summed E-state index contributed by atoms with van der Waals surface area (Å²) in [5.41, 5.74) is 6.02. The number of ether oxygens (including phenoxy) is 1. The summed E-state index contributed by atoms with van der Waals surface area (Å²) >= 11 is 0. The molecular formula is C15H12F3NO3. The van der Waals surface area contributed by atoms with Gasteiger partial charge in [0.1, 0.15) is 5.75 Å². The zero-order valence-electron chi connectivity index (χ0n) is 11.2. The lowest BCUT2D eigenvalue weighted by Crippen LogP contribution is -2.21. The normalized spacial score (nSPS) is 12.7. The van der Waals surface area contributed by atoms with E-state index < -0.39 is 24.1 Å². The number of amides is 1. The van der Waals surface area contributed by atoms with Crippen molar-refractivity contribution in [2.75, 3.05) is 0 Å². The van der Waals surface area contributed by atoms with Gasteiger partial charge in [-0.15, -0.1) is 13.2 Å². The van der Waals surface area contributed by atoms with E-state index in [4.69, 9.17) is 5.73 Å². The first kappa shape index (κ1) is 15.8. The molecule has 0 bridgehead atoms. The van der Waals surface area contributed by atoms with Crippen LogP contribution in [0.1, 0.15) is 11.7 Å². The molecule has 22 heavy (non-hydrogen) atoms. The Bertz CT molecular complexity index is 686. The van der Waals surface area contributed by atoms with Gasteiger partial charge in [0.15, 0.2) is 6.10 Å². The maximum Gasteiger partial charge on any atom is 0.573 e. The van der Waals surface area contributed by atoms with E-state index in [0.29, 0.717) is 11.1 Å². The highest BCUT2D eigenvalue weighted by molar-refractivity contribution is 5.83. The van der Waals surface area contributed by atoms with Gasteiger partial charge in [0.25, 0.3) is 5.91 Å². The molecule has 116 valence electrons. The molecule has 0 aliphatic heterocycles. The summed E-state index contributed by atoms with van der Waals surface area (Å²) in [6.45, 7) is 0. The number of aliphatic hydroxyl groups excluding tert-OH is 1. The van der Waals surface area contributed by atoms with Crippen molar-refractivity contribution < 1.29 is 27.8 Å². The van der Waals surface area contributed by atoms with Gasteiger partial charge in [-0.2, -0.15) is 0 Å². The van der Waals surface area contributed by atoms with Crippen LogP contribution in [0.25, 0.3) is 11.1 Å². The molecule has 0 fully saturated rings. The molecule has 0 radical (unpaired) electrons. The summed E-state index contributed by atoms with van der Waals surface area (Å²) < 4.78 is 40.7. The molecule has 3 N–H and O–H groups in total. The summed E-state index contributed by atoms with van der Waals surface area (Å²) in [4.78, 5) is 11.1. The number of carbonyl (C=O) groups excluding carboxylic acids is 1. The monoisotopic (exact) mass is 311 g/mol. The topological polar surface area (TPSA) is 72.6 Å². The Balaban J connectivity index is 2.45.